The summed E-state index contributed by atoms with van der Waals surface area (Å²) in [5.74, 6) is 0.133. The van der Waals surface area contributed by atoms with Gasteiger partial charge in [-0.15, -0.1) is 0 Å². The topological polar surface area (TPSA) is 78.3 Å². The second-order valence-electron chi connectivity index (χ2n) is 5.36. The van der Waals surface area contributed by atoms with Crippen molar-refractivity contribution in [2.24, 2.45) is 0 Å². The molecule has 3 atom stereocenters. The molecule has 6 heteroatoms. The van der Waals surface area contributed by atoms with Crippen molar-refractivity contribution in [1.82, 2.24) is 0 Å². The van der Waals surface area contributed by atoms with E-state index < -0.39 is 17.3 Å². The van der Waals surface area contributed by atoms with E-state index >= 15 is 0 Å². The molecule has 6 nitrogen and oxygen atoms in total. The number of benzene rings is 1. The minimum absolute atomic E-state index is 0.299. The van der Waals surface area contributed by atoms with Crippen LogP contribution in [0.4, 0.5) is 0 Å². The minimum Gasteiger partial charge on any atom is -0.496 e. The number of hydrogen-bond acceptors (Lipinski definition) is 6. The van der Waals surface area contributed by atoms with Crippen molar-refractivity contribution in [3.63, 3.8) is 0 Å². The fraction of sp³-hybridized carbons (Fsp3) is 0.333. The molecular weight excluding hydrogens is 276 g/mol. The fourth-order valence-corrected chi connectivity index (χ4v) is 2.78. The molecular formula is C15H12O6. The van der Waals surface area contributed by atoms with Gasteiger partial charge in [-0.3, -0.25) is 0 Å². The number of rotatable bonds is 2. The van der Waals surface area contributed by atoms with E-state index in [-0.39, 0.29) is 12.1 Å². The molecule has 0 amide bonds. The summed E-state index contributed by atoms with van der Waals surface area (Å²) in [6.07, 6.45) is -0.805. The lowest BCUT2D eigenvalue weighted by molar-refractivity contribution is -0.153. The highest BCUT2D eigenvalue weighted by atomic mass is 16.7. The summed E-state index contributed by atoms with van der Waals surface area (Å²) >= 11 is 0. The Balaban J connectivity index is 1.87. The number of fused-ring (bicyclic) bond motifs is 2. The van der Waals surface area contributed by atoms with Gasteiger partial charge in [0.25, 0.3) is 0 Å². The van der Waals surface area contributed by atoms with Gasteiger partial charge in [0.05, 0.1) is 7.11 Å². The highest BCUT2D eigenvalue weighted by Gasteiger charge is 2.70. The van der Waals surface area contributed by atoms with Crippen LogP contribution in [0.5, 0.6) is 5.75 Å². The highest BCUT2D eigenvalue weighted by Crippen LogP contribution is 2.54. The predicted molar refractivity (Wildman–Crippen MR) is 71.1 cm³/mol. The SMILES string of the molecule is COc1cc2oc(=O)ccc2cc1[C@H]1OC(=O)[C@@]2(C)O[C@H]12. The zero-order valence-corrected chi connectivity index (χ0v) is 11.4. The van der Waals surface area contributed by atoms with Gasteiger partial charge in [-0.25, -0.2) is 9.59 Å². The fourth-order valence-electron chi connectivity index (χ4n) is 2.78. The molecule has 4 rings (SSSR count). The van der Waals surface area contributed by atoms with Crippen LogP contribution in [0.15, 0.2) is 33.5 Å². The van der Waals surface area contributed by atoms with Crippen LogP contribution < -0.4 is 10.4 Å². The monoisotopic (exact) mass is 288 g/mol. The molecule has 0 N–H and O–H groups in total. The van der Waals surface area contributed by atoms with Crippen LogP contribution in [0.3, 0.4) is 0 Å². The summed E-state index contributed by atoms with van der Waals surface area (Å²) in [5.41, 5.74) is -0.138. The zero-order chi connectivity index (χ0) is 14.8. The van der Waals surface area contributed by atoms with Crippen molar-refractivity contribution in [2.75, 3.05) is 7.11 Å². The Morgan fingerprint density at radius 2 is 2.05 bits per heavy atom. The van der Waals surface area contributed by atoms with Crippen LogP contribution in [0.2, 0.25) is 0 Å². The van der Waals surface area contributed by atoms with Crippen LogP contribution in [0.25, 0.3) is 11.0 Å². The van der Waals surface area contributed by atoms with Crippen molar-refractivity contribution < 1.29 is 23.4 Å². The van der Waals surface area contributed by atoms with Gasteiger partial charge in [-0.1, -0.05) is 0 Å². The molecule has 2 aliphatic heterocycles. The third-order valence-electron chi connectivity index (χ3n) is 4.05. The molecule has 0 unspecified atom stereocenters. The van der Waals surface area contributed by atoms with E-state index in [1.807, 2.05) is 0 Å². The lowest BCUT2D eigenvalue weighted by Gasteiger charge is -2.16. The van der Waals surface area contributed by atoms with Crippen molar-refractivity contribution in [3.8, 4) is 5.75 Å². The minimum atomic E-state index is -0.839. The molecule has 21 heavy (non-hydrogen) atoms. The highest BCUT2D eigenvalue weighted by molar-refractivity contribution is 5.87. The number of cyclic esters (lactones) is 1. The van der Waals surface area contributed by atoms with E-state index in [0.717, 1.165) is 5.39 Å². The molecule has 2 fully saturated rings. The molecule has 2 saturated heterocycles. The van der Waals surface area contributed by atoms with Gasteiger partial charge >= 0.3 is 11.6 Å². The number of epoxide rings is 1. The van der Waals surface area contributed by atoms with E-state index in [4.69, 9.17) is 18.6 Å². The third kappa shape index (κ3) is 1.62. The second-order valence-corrected chi connectivity index (χ2v) is 5.36. The van der Waals surface area contributed by atoms with E-state index in [1.54, 1.807) is 25.1 Å². The molecule has 0 saturated carbocycles. The van der Waals surface area contributed by atoms with E-state index in [1.165, 1.54) is 13.2 Å². The van der Waals surface area contributed by atoms with Crippen molar-refractivity contribution >= 4 is 16.9 Å². The Kier molecular flexibility index (Phi) is 2.28. The maximum atomic E-state index is 11.8. The Hall–Kier alpha value is -2.34. The standard InChI is InChI=1S/C15H12O6/c1-15-13(21-15)12(20-14(15)17)8-5-7-3-4-11(16)19-9(7)6-10(8)18-2/h3-6,12-13H,1-2H3/t12-,13-,15+/m1/s1. The summed E-state index contributed by atoms with van der Waals surface area (Å²) in [4.78, 5) is 23.1. The van der Waals surface area contributed by atoms with Crippen molar-refractivity contribution in [2.45, 2.75) is 24.7 Å². The Morgan fingerprint density at radius 1 is 1.24 bits per heavy atom. The van der Waals surface area contributed by atoms with Crippen molar-refractivity contribution in [3.05, 3.63) is 40.2 Å². The lowest BCUT2D eigenvalue weighted by Crippen LogP contribution is -2.17. The van der Waals surface area contributed by atoms with Crippen LogP contribution in [-0.2, 0) is 14.3 Å². The van der Waals surface area contributed by atoms with Gasteiger partial charge in [0.15, 0.2) is 11.7 Å². The Morgan fingerprint density at radius 3 is 2.67 bits per heavy atom. The van der Waals surface area contributed by atoms with E-state index in [9.17, 15) is 9.59 Å². The summed E-state index contributed by atoms with van der Waals surface area (Å²) < 4.78 is 21.3. The molecule has 108 valence electrons. The van der Waals surface area contributed by atoms with Gasteiger partial charge in [0.2, 0.25) is 0 Å². The van der Waals surface area contributed by atoms with Gasteiger partial charge in [-0.2, -0.15) is 0 Å². The number of esters is 1. The predicted octanol–water partition coefficient (Wildman–Crippen LogP) is 1.56. The first-order chi connectivity index (χ1) is 10.0. The molecule has 2 aromatic rings. The number of carbonyl (C=O) groups is 1. The molecule has 1 aromatic carbocycles. The first kappa shape index (κ1) is 12.4. The smallest absolute Gasteiger partial charge is 0.341 e. The maximum Gasteiger partial charge on any atom is 0.341 e. The third-order valence-corrected chi connectivity index (χ3v) is 4.05. The molecule has 0 aliphatic carbocycles. The summed E-state index contributed by atoms with van der Waals surface area (Å²) in [6, 6.07) is 6.42. The summed E-state index contributed by atoms with van der Waals surface area (Å²) in [5, 5.41) is 0.732. The van der Waals surface area contributed by atoms with Gasteiger partial charge in [-0.05, 0) is 19.1 Å². The van der Waals surface area contributed by atoms with Crippen LogP contribution in [-0.4, -0.2) is 24.8 Å². The number of methoxy groups -OCH3 is 1. The quantitative estimate of drug-likeness (QED) is 0.474. The maximum absolute atomic E-state index is 11.8. The molecule has 0 spiro atoms. The molecule has 0 radical (unpaired) electrons. The molecule has 3 heterocycles. The number of ether oxygens (including phenoxy) is 3. The Bertz CT molecular complexity index is 823. The lowest BCUT2D eigenvalue weighted by atomic mass is 9.99. The zero-order valence-electron chi connectivity index (χ0n) is 11.4. The molecule has 0 bridgehead atoms. The first-order valence-corrected chi connectivity index (χ1v) is 6.53. The van der Waals surface area contributed by atoms with Gasteiger partial charge in [0, 0.05) is 23.1 Å². The van der Waals surface area contributed by atoms with Gasteiger partial charge < -0.3 is 18.6 Å². The average molecular weight is 288 g/mol. The number of carbonyl (C=O) groups excluding carboxylic acids is 1. The normalized spacial score (nSPS) is 30.1. The second kappa shape index (κ2) is 3.85. The summed E-state index contributed by atoms with van der Waals surface area (Å²) in [7, 11) is 1.51. The van der Waals surface area contributed by atoms with Crippen LogP contribution in [0, 0.1) is 0 Å². The summed E-state index contributed by atoms with van der Waals surface area (Å²) in [6.45, 7) is 1.71. The van der Waals surface area contributed by atoms with Crippen LogP contribution in [0.1, 0.15) is 18.6 Å². The van der Waals surface area contributed by atoms with Crippen LogP contribution >= 0.6 is 0 Å². The molecule has 1 aromatic heterocycles. The van der Waals surface area contributed by atoms with E-state index in [2.05, 4.69) is 0 Å². The van der Waals surface area contributed by atoms with E-state index in [0.29, 0.717) is 16.9 Å². The molecule has 2 aliphatic rings. The first-order valence-electron chi connectivity index (χ1n) is 6.53. The average Bonchev–Trinajstić information content (AvgIpc) is 3.09. The van der Waals surface area contributed by atoms with Gasteiger partial charge in [0.1, 0.15) is 17.4 Å². The number of hydrogen-bond donors (Lipinski definition) is 0. The van der Waals surface area contributed by atoms with Crippen molar-refractivity contribution in [1.29, 1.82) is 0 Å². The Labute approximate surface area is 119 Å². The largest absolute Gasteiger partial charge is 0.496 e.